The largest absolute Gasteiger partial charge is 0.384 e. The van der Waals surface area contributed by atoms with Crippen LogP contribution in [0.2, 0.25) is 0 Å². The number of sulfonamides is 1. The maximum absolute atomic E-state index is 11.2. The first kappa shape index (κ1) is 15.8. The highest BCUT2D eigenvalue weighted by molar-refractivity contribution is 9.10. The highest BCUT2D eigenvalue weighted by Crippen LogP contribution is 2.25. The lowest BCUT2D eigenvalue weighted by Gasteiger charge is -2.09. The van der Waals surface area contributed by atoms with E-state index in [0.717, 1.165) is 30.2 Å². The van der Waals surface area contributed by atoms with Gasteiger partial charge in [-0.05, 0) is 52.1 Å². The second-order valence-corrected chi connectivity index (χ2v) is 7.47. The van der Waals surface area contributed by atoms with Gasteiger partial charge in [0.05, 0.1) is 4.90 Å². The number of halogens is 1. The van der Waals surface area contributed by atoms with E-state index in [0.29, 0.717) is 4.47 Å². The summed E-state index contributed by atoms with van der Waals surface area (Å²) in [5, 5.41) is 8.31. The van der Waals surface area contributed by atoms with Gasteiger partial charge in [0.15, 0.2) is 0 Å². The zero-order valence-corrected chi connectivity index (χ0v) is 13.4. The molecular weight excluding hydrogens is 336 g/mol. The van der Waals surface area contributed by atoms with Gasteiger partial charge in [0.25, 0.3) is 0 Å². The van der Waals surface area contributed by atoms with Gasteiger partial charge in [-0.15, -0.1) is 0 Å². The average Bonchev–Trinajstić information content (AvgIpc) is 2.29. The minimum absolute atomic E-state index is 0.112. The Morgan fingerprint density at radius 1 is 1.44 bits per heavy atom. The molecule has 0 bridgehead atoms. The summed E-state index contributed by atoms with van der Waals surface area (Å²) in [6.07, 6.45) is 1.07. The molecule has 0 radical (unpaired) electrons. The Balaban J connectivity index is 2.58. The highest BCUT2D eigenvalue weighted by Gasteiger charge is 2.09. The van der Waals surface area contributed by atoms with Gasteiger partial charge in [-0.1, -0.05) is 6.92 Å². The Morgan fingerprint density at radius 2 is 2.17 bits per heavy atom. The van der Waals surface area contributed by atoms with Crippen LogP contribution in [0.15, 0.2) is 27.6 Å². The van der Waals surface area contributed by atoms with Crippen LogP contribution >= 0.6 is 27.7 Å². The van der Waals surface area contributed by atoms with Gasteiger partial charge < -0.3 is 5.32 Å². The van der Waals surface area contributed by atoms with Crippen molar-refractivity contribution in [2.24, 2.45) is 5.14 Å². The SMILES string of the molecule is CCSCCCNc1ccc(S(N)(=O)=O)cc1Br. The molecule has 0 fully saturated rings. The second-order valence-electron chi connectivity index (χ2n) is 3.66. The Labute approximate surface area is 121 Å². The van der Waals surface area contributed by atoms with Crippen molar-refractivity contribution in [1.29, 1.82) is 0 Å². The molecule has 0 aliphatic rings. The van der Waals surface area contributed by atoms with E-state index in [1.54, 1.807) is 6.07 Å². The fourth-order valence-corrected chi connectivity index (χ4v) is 3.21. The fraction of sp³-hybridized carbons (Fsp3) is 0.455. The van der Waals surface area contributed by atoms with Crippen LogP contribution in [0.5, 0.6) is 0 Å². The van der Waals surface area contributed by atoms with Crippen molar-refractivity contribution in [2.45, 2.75) is 18.2 Å². The Bertz CT molecular complexity index is 492. The van der Waals surface area contributed by atoms with E-state index in [9.17, 15) is 8.42 Å². The van der Waals surface area contributed by atoms with Crippen molar-refractivity contribution in [1.82, 2.24) is 0 Å². The van der Waals surface area contributed by atoms with Gasteiger partial charge >= 0.3 is 0 Å². The standard InChI is InChI=1S/C11H17BrN2O2S2/c1-2-17-7-3-6-14-11-5-4-9(8-10(11)12)18(13,15)16/h4-5,8,14H,2-3,6-7H2,1H3,(H2,13,15,16). The molecule has 0 aromatic heterocycles. The molecule has 0 atom stereocenters. The van der Waals surface area contributed by atoms with E-state index in [1.165, 1.54) is 12.1 Å². The Kier molecular flexibility index (Phi) is 6.48. The van der Waals surface area contributed by atoms with Crippen LogP contribution in [0.1, 0.15) is 13.3 Å². The first-order chi connectivity index (χ1) is 8.45. The molecule has 0 spiro atoms. The third kappa shape index (κ3) is 5.17. The van der Waals surface area contributed by atoms with Crippen molar-refractivity contribution in [3.63, 3.8) is 0 Å². The molecule has 0 aliphatic carbocycles. The Hall–Kier alpha value is -0.240. The van der Waals surface area contributed by atoms with Crippen molar-refractivity contribution >= 4 is 43.4 Å². The van der Waals surface area contributed by atoms with E-state index >= 15 is 0 Å². The first-order valence-corrected chi connectivity index (χ1v) is 9.08. The van der Waals surface area contributed by atoms with Crippen LogP contribution in [0, 0.1) is 0 Å². The van der Waals surface area contributed by atoms with Crippen molar-refractivity contribution in [2.75, 3.05) is 23.4 Å². The number of nitrogens with two attached hydrogens (primary N) is 1. The molecular formula is C11H17BrN2O2S2. The molecule has 1 aromatic carbocycles. The summed E-state index contributed by atoms with van der Waals surface area (Å²) in [5.41, 5.74) is 0.879. The smallest absolute Gasteiger partial charge is 0.238 e. The van der Waals surface area contributed by atoms with Gasteiger partial charge in [-0.3, -0.25) is 0 Å². The summed E-state index contributed by atoms with van der Waals surface area (Å²) < 4.78 is 23.0. The molecule has 4 nitrogen and oxygen atoms in total. The van der Waals surface area contributed by atoms with Gasteiger partial charge in [0.1, 0.15) is 0 Å². The number of anilines is 1. The van der Waals surface area contributed by atoms with Crippen LogP contribution in [-0.2, 0) is 10.0 Å². The molecule has 0 saturated carbocycles. The minimum atomic E-state index is -3.64. The minimum Gasteiger partial charge on any atom is -0.384 e. The predicted octanol–water partition coefficient (Wildman–Crippen LogP) is 2.65. The number of hydrogen-bond acceptors (Lipinski definition) is 4. The van der Waals surface area contributed by atoms with E-state index in [4.69, 9.17) is 5.14 Å². The molecule has 3 N–H and O–H groups in total. The Morgan fingerprint density at radius 3 is 2.72 bits per heavy atom. The van der Waals surface area contributed by atoms with Crippen molar-refractivity contribution in [3.05, 3.63) is 22.7 Å². The topological polar surface area (TPSA) is 72.2 Å². The number of rotatable bonds is 7. The van der Waals surface area contributed by atoms with E-state index in [2.05, 4.69) is 28.2 Å². The van der Waals surface area contributed by atoms with E-state index < -0.39 is 10.0 Å². The summed E-state index contributed by atoms with van der Waals surface area (Å²) in [4.78, 5) is 0.112. The van der Waals surface area contributed by atoms with Crippen LogP contribution in [0.3, 0.4) is 0 Å². The number of thioether (sulfide) groups is 1. The highest BCUT2D eigenvalue weighted by atomic mass is 79.9. The predicted molar refractivity (Wildman–Crippen MR) is 81.6 cm³/mol. The number of primary sulfonamides is 1. The third-order valence-corrected chi connectivity index (χ3v) is 4.81. The quantitative estimate of drug-likeness (QED) is 0.740. The average molecular weight is 353 g/mol. The molecule has 0 aliphatic heterocycles. The summed E-state index contributed by atoms with van der Waals surface area (Å²) in [6, 6.07) is 4.73. The lowest BCUT2D eigenvalue weighted by molar-refractivity contribution is 0.598. The van der Waals surface area contributed by atoms with Gasteiger partial charge in [-0.2, -0.15) is 11.8 Å². The molecule has 7 heteroatoms. The monoisotopic (exact) mass is 352 g/mol. The molecule has 1 rings (SSSR count). The van der Waals surface area contributed by atoms with Crippen LogP contribution in [-0.4, -0.2) is 26.5 Å². The summed E-state index contributed by atoms with van der Waals surface area (Å²) in [5.74, 6) is 2.25. The zero-order valence-electron chi connectivity index (χ0n) is 10.1. The molecule has 1 aromatic rings. The number of nitrogens with one attached hydrogen (secondary N) is 1. The number of benzene rings is 1. The normalized spacial score (nSPS) is 11.5. The molecule has 0 heterocycles. The summed E-state index contributed by atoms with van der Waals surface area (Å²) >= 11 is 5.24. The maximum Gasteiger partial charge on any atom is 0.238 e. The first-order valence-electron chi connectivity index (χ1n) is 5.59. The van der Waals surface area contributed by atoms with E-state index in [1.807, 2.05) is 11.8 Å². The number of hydrogen-bond donors (Lipinski definition) is 2. The van der Waals surface area contributed by atoms with Crippen LogP contribution in [0.25, 0.3) is 0 Å². The zero-order chi connectivity index (χ0) is 13.6. The maximum atomic E-state index is 11.2. The van der Waals surface area contributed by atoms with Crippen LogP contribution < -0.4 is 10.5 Å². The molecule has 102 valence electrons. The second kappa shape index (κ2) is 7.37. The van der Waals surface area contributed by atoms with E-state index in [-0.39, 0.29) is 4.90 Å². The van der Waals surface area contributed by atoms with Crippen molar-refractivity contribution < 1.29 is 8.42 Å². The molecule has 0 saturated heterocycles. The molecule has 18 heavy (non-hydrogen) atoms. The van der Waals surface area contributed by atoms with Gasteiger partial charge in [0.2, 0.25) is 10.0 Å². The van der Waals surface area contributed by atoms with Crippen LogP contribution in [0.4, 0.5) is 5.69 Å². The lowest BCUT2D eigenvalue weighted by atomic mass is 10.3. The lowest BCUT2D eigenvalue weighted by Crippen LogP contribution is -2.12. The molecule has 0 amide bonds. The van der Waals surface area contributed by atoms with Gasteiger partial charge in [-0.25, -0.2) is 13.6 Å². The van der Waals surface area contributed by atoms with Gasteiger partial charge in [0, 0.05) is 16.7 Å². The third-order valence-electron chi connectivity index (χ3n) is 2.25. The fourth-order valence-electron chi connectivity index (χ4n) is 1.36. The summed E-state index contributed by atoms with van der Waals surface area (Å²) in [7, 11) is -3.64. The van der Waals surface area contributed by atoms with Crippen molar-refractivity contribution in [3.8, 4) is 0 Å². The summed E-state index contributed by atoms with van der Waals surface area (Å²) in [6.45, 7) is 3.00. The molecule has 0 unspecified atom stereocenters.